The predicted octanol–water partition coefficient (Wildman–Crippen LogP) is 3.25. The highest BCUT2D eigenvalue weighted by molar-refractivity contribution is 5.96. The van der Waals surface area contributed by atoms with Crippen LogP contribution in [-0.2, 0) is 5.54 Å². The third-order valence-corrected chi connectivity index (χ3v) is 3.62. The zero-order valence-corrected chi connectivity index (χ0v) is 10.9. The molecule has 2 aromatic carbocycles. The van der Waals surface area contributed by atoms with Crippen molar-refractivity contribution in [1.29, 1.82) is 0 Å². The van der Waals surface area contributed by atoms with E-state index in [1.54, 1.807) is 0 Å². The van der Waals surface area contributed by atoms with Crippen molar-refractivity contribution in [2.75, 3.05) is 0 Å². The second kappa shape index (κ2) is 4.39. The maximum absolute atomic E-state index is 5.95. The Kier molecular flexibility index (Phi) is 2.71. The first-order valence-corrected chi connectivity index (χ1v) is 6.38. The Labute approximate surface area is 113 Å². The Balaban J connectivity index is 2.28. The first kappa shape index (κ1) is 11.7. The van der Waals surface area contributed by atoms with E-state index in [0.29, 0.717) is 5.84 Å². The number of amidine groups is 1. The molecule has 2 nitrogen and oxygen atoms in total. The van der Waals surface area contributed by atoms with E-state index < -0.39 is 5.54 Å². The quantitative estimate of drug-likeness (QED) is 0.870. The summed E-state index contributed by atoms with van der Waals surface area (Å²) in [7, 11) is 0. The van der Waals surface area contributed by atoms with Gasteiger partial charge >= 0.3 is 0 Å². The SMILES string of the molecule is CC1=CC(N)=NC1(c1ccccc1)c1ccccc1. The van der Waals surface area contributed by atoms with Gasteiger partial charge in [0.1, 0.15) is 11.4 Å². The number of hydrogen-bond acceptors (Lipinski definition) is 2. The van der Waals surface area contributed by atoms with Crippen molar-refractivity contribution in [3.05, 3.63) is 83.4 Å². The molecule has 0 radical (unpaired) electrons. The van der Waals surface area contributed by atoms with Crippen LogP contribution >= 0.6 is 0 Å². The summed E-state index contributed by atoms with van der Waals surface area (Å²) in [5.74, 6) is 0.588. The lowest BCUT2D eigenvalue weighted by Crippen LogP contribution is -2.25. The Morgan fingerprint density at radius 2 is 1.32 bits per heavy atom. The Hall–Kier alpha value is -2.35. The first-order valence-electron chi connectivity index (χ1n) is 6.38. The third kappa shape index (κ3) is 1.76. The normalized spacial score (nSPS) is 16.9. The van der Waals surface area contributed by atoms with Gasteiger partial charge in [-0.05, 0) is 29.7 Å². The van der Waals surface area contributed by atoms with Crippen LogP contribution in [0.3, 0.4) is 0 Å². The van der Waals surface area contributed by atoms with Crippen LogP contribution in [-0.4, -0.2) is 5.84 Å². The van der Waals surface area contributed by atoms with Gasteiger partial charge in [0.25, 0.3) is 0 Å². The molecule has 1 heterocycles. The summed E-state index contributed by atoms with van der Waals surface area (Å²) < 4.78 is 0. The lowest BCUT2D eigenvalue weighted by molar-refractivity contribution is 0.653. The standard InChI is InChI=1S/C17H16N2/c1-13-12-16(18)19-17(13,14-8-4-2-5-9-14)15-10-6-3-7-11-15/h2-12H,1H3,(H2,18,19). The van der Waals surface area contributed by atoms with E-state index in [2.05, 4.69) is 31.2 Å². The highest BCUT2D eigenvalue weighted by Crippen LogP contribution is 2.42. The summed E-state index contributed by atoms with van der Waals surface area (Å²) in [5, 5.41) is 0. The van der Waals surface area contributed by atoms with E-state index in [0.717, 1.165) is 16.7 Å². The van der Waals surface area contributed by atoms with Crippen LogP contribution in [0.25, 0.3) is 0 Å². The monoisotopic (exact) mass is 248 g/mol. The largest absolute Gasteiger partial charge is 0.384 e. The topological polar surface area (TPSA) is 38.4 Å². The van der Waals surface area contributed by atoms with Gasteiger partial charge in [-0.1, -0.05) is 60.7 Å². The molecule has 0 atom stereocenters. The highest BCUT2D eigenvalue weighted by atomic mass is 15.0. The molecule has 0 unspecified atom stereocenters. The number of nitrogens with zero attached hydrogens (tertiary/aromatic N) is 1. The van der Waals surface area contributed by atoms with Gasteiger partial charge in [-0.3, -0.25) is 0 Å². The van der Waals surface area contributed by atoms with Crippen LogP contribution in [0.2, 0.25) is 0 Å². The first-order chi connectivity index (χ1) is 9.23. The number of benzene rings is 2. The van der Waals surface area contributed by atoms with Crippen LogP contribution in [0, 0.1) is 0 Å². The Bertz CT molecular complexity index is 600. The predicted molar refractivity (Wildman–Crippen MR) is 79.0 cm³/mol. The maximum Gasteiger partial charge on any atom is 0.134 e. The third-order valence-electron chi connectivity index (χ3n) is 3.62. The lowest BCUT2D eigenvalue weighted by Gasteiger charge is -2.29. The summed E-state index contributed by atoms with van der Waals surface area (Å²) in [6.07, 6.45) is 1.96. The minimum atomic E-state index is -0.466. The molecule has 0 fully saturated rings. The summed E-state index contributed by atoms with van der Waals surface area (Å²) in [5.41, 5.74) is 8.94. The number of hydrogen-bond donors (Lipinski definition) is 1. The van der Waals surface area contributed by atoms with E-state index >= 15 is 0 Å². The molecule has 2 aromatic rings. The van der Waals surface area contributed by atoms with Gasteiger partial charge in [0, 0.05) is 0 Å². The van der Waals surface area contributed by atoms with Gasteiger partial charge in [-0.2, -0.15) is 0 Å². The second-order valence-corrected chi connectivity index (χ2v) is 4.81. The molecule has 0 spiro atoms. The van der Waals surface area contributed by atoms with E-state index in [4.69, 9.17) is 10.7 Å². The minimum Gasteiger partial charge on any atom is -0.384 e. The van der Waals surface area contributed by atoms with Crippen molar-refractivity contribution in [2.45, 2.75) is 12.5 Å². The Morgan fingerprint density at radius 1 is 0.842 bits per heavy atom. The van der Waals surface area contributed by atoms with Gasteiger partial charge < -0.3 is 5.73 Å². The maximum atomic E-state index is 5.95. The van der Waals surface area contributed by atoms with E-state index in [1.807, 2.05) is 42.5 Å². The Morgan fingerprint density at radius 3 is 1.68 bits per heavy atom. The van der Waals surface area contributed by atoms with Gasteiger partial charge in [-0.25, -0.2) is 4.99 Å². The van der Waals surface area contributed by atoms with Crippen molar-refractivity contribution >= 4 is 5.84 Å². The van der Waals surface area contributed by atoms with Gasteiger partial charge in [0.2, 0.25) is 0 Å². The average molecular weight is 248 g/mol. The van der Waals surface area contributed by atoms with Crippen molar-refractivity contribution in [1.82, 2.24) is 0 Å². The molecule has 94 valence electrons. The molecule has 3 rings (SSSR count). The van der Waals surface area contributed by atoms with Crippen molar-refractivity contribution in [3.8, 4) is 0 Å². The summed E-state index contributed by atoms with van der Waals surface area (Å²) in [6.45, 7) is 2.09. The average Bonchev–Trinajstić information content (AvgIpc) is 2.76. The molecule has 2 N–H and O–H groups in total. The van der Waals surface area contributed by atoms with E-state index in [1.165, 1.54) is 0 Å². The molecular formula is C17H16N2. The summed E-state index contributed by atoms with van der Waals surface area (Å²) in [6, 6.07) is 20.6. The molecule has 0 amide bonds. The van der Waals surface area contributed by atoms with Crippen LogP contribution in [0.5, 0.6) is 0 Å². The molecule has 0 aromatic heterocycles. The highest BCUT2D eigenvalue weighted by Gasteiger charge is 2.38. The molecule has 2 heteroatoms. The zero-order chi connectivity index (χ0) is 13.3. The number of rotatable bonds is 2. The summed E-state index contributed by atoms with van der Waals surface area (Å²) in [4.78, 5) is 4.74. The van der Waals surface area contributed by atoms with Gasteiger partial charge in [0.05, 0.1) is 0 Å². The molecule has 1 aliphatic heterocycles. The second-order valence-electron chi connectivity index (χ2n) is 4.81. The number of aliphatic imine (C=N–C) groups is 1. The molecule has 19 heavy (non-hydrogen) atoms. The van der Waals surface area contributed by atoms with E-state index in [9.17, 15) is 0 Å². The molecule has 0 aliphatic carbocycles. The van der Waals surface area contributed by atoms with Crippen LogP contribution in [0.15, 0.2) is 77.3 Å². The summed E-state index contributed by atoms with van der Waals surface area (Å²) >= 11 is 0. The fourth-order valence-electron chi connectivity index (χ4n) is 2.75. The molecule has 0 bridgehead atoms. The van der Waals surface area contributed by atoms with E-state index in [-0.39, 0.29) is 0 Å². The number of nitrogens with two attached hydrogens (primary N) is 1. The molecule has 0 saturated heterocycles. The molecular weight excluding hydrogens is 232 g/mol. The van der Waals surface area contributed by atoms with Crippen molar-refractivity contribution in [3.63, 3.8) is 0 Å². The van der Waals surface area contributed by atoms with Gasteiger partial charge in [0.15, 0.2) is 0 Å². The van der Waals surface area contributed by atoms with Crippen LogP contribution in [0.4, 0.5) is 0 Å². The van der Waals surface area contributed by atoms with Gasteiger partial charge in [-0.15, -0.1) is 0 Å². The fraction of sp³-hybridized carbons (Fsp3) is 0.118. The molecule has 1 aliphatic rings. The zero-order valence-electron chi connectivity index (χ0n) is 10.9. The minimum absolute atomic E-state index is 0.466. The van der Waals surface area contributed by atoms with Crippen molar-refractivity contribution in [2.24, 2.45) is 10.7 Å². The van der Waals surface area contributed by atoms with Crippen LogP contribution < -0.4 is 5.73 Å². The molecule has 0 saturated carbocycles. The smallest absolute Gasteiger partial charge is 0.134 e. The lowest BCUT2D eigenvalue weighted by atomic mass is 9.79. The fourth-order valence-corrected chi connectivity index (χ4v) is 2.75. The van der Waals surface area contributed by atoms with Crippen molar-refractivity contribution < 1.29 is 0 Å². The van der Waals surface area contributed by atoms with Crippen LogP contribution in [0.1, 0.15) is 18.1 Å².